The summed E-state index contributed by atoms with van der Waals surface area (Å²) in [6.45, 7) is 1.08. The standard InChI is InChI=1S/C21H16O.C2H4O2/c22-21-18-14-8-7-13-17(18)19(15-9-3-1-4-10-15)20(21)16-11-5-2-6-12-16;1-2(3)4/h1-14,21-22H;1H3,(H,3,4). The third kappa shape index (κ3) is 3.58. The number of hydrogen-bond acceptors (Lipinski definition) is 2. The molecule has 0 amide bonds. The highest BCUT2D eigenvalue weighted by Gasteiger charge is 2.30. The predicted octanol–water partition coefficient (Wildman–Crippen LogP) is 4.78. The third-order valence-electron chi connectivity index (χ3n) is 4.21. The molecular weight excluding hydrogens is 324 g/mol. The fourth-order valence-electron chi connectivity index (χ4n) is 3.24. The van der Waals surface area contributed by atoms with Crippen molar-refractivity contribution >= 4 is 17.1 Å². The average Bonchev–Trinajstić information content (AvgIpc) is 2.96. The number of aliphatic carboxylic acids is 1. The highest BCUT2D eigenvalue weighted by atomic mass is 16.4. The summed E-state index contributed by atoms with van der Waals surface area (Å²) in [4.78, 5) is 9.00. The second-order valence-electron chi connectivity index (χ2n) is 6.03. The zero-order valence-corrected chi connectivity index (χ0v) is 14.5. The summed E-state index contributed by atoms with van der Waals surface area (Å²) in [5.74, 6) is -0.833. The summed E-state index contributed by atoms with van der Waals surface area (Å²) >= 11 is 0. The molecule has 3 aromatic rings. The maximum Gasteiger partial charge on any atom is 0.300 e. The molecule has 0 radical (unpaired) electrons. The molecule has 3 nitrogen and oxygen atoms in total. The van der Waals surface area contributed by atoms with Crippen molar-refractivity contribution in [1.29, 1.82) is 0 Å². The summed E-state index contributed by atoms with van der Waals surface area (Å²) < 4.78 is 0. The van der Waals surface area contributed by atoms with Crippen molar-refractivity contribution in [2.75, 3.05) is 0 Å². The van der Waals surface area contributed by atoms with Crippen LogP contribution in [0.5, 0.6) is 0 Å². The molecule has 3 heteroatoms. The van der Waals surface area contributed by atoms with Crippen LogP contribution in [0, 0.1) is 0 Å². The highest BCUT2D eigenvalue weighted by molar-refractivity contribution is 6.04. The van der Waals surface area contributed by atoms with Gasteiger partial charge in [-0.2, -0.15) is 0 Å². The van der Waals surface area contributed by atoms with Gasteiger partial charge in [0.2, 0.25) is 0 Å². The van der Waals surface area contributed by atoms with E-state index in [1.807, 2.05) is 54.6 Å². The molecular formula is C23H20O3. The number of aliphatic hydroxyl groups is 1. The minimum atomic E-state index is -0.833. The molecule has 4 rings (SSSR count). The van der Waals surface area contributed by atoms with Gasteiger partial charge < -0.3 is 10.2 Å². The monoisotopic (exact) mass is 344 g/mol. The SMILES string of the molecule is CC(=O)O.OC1C(c2ccccc2)=C(c2ccccc2)c2ccccc21. The van der Waals surface area contributed by atoms with Crippen LogP contribution in [0.3, 0.4) is 0 Å². The topological polar surface area (TPSA) is 57.5 Å². The van der Waals surface area contributed by atoms with Gasteiger partial charge in [0.25, 0.3) is 5.97 Å². The van der Waals surface area contributed by atoms with Crippen LogP contribution >= 0.6 is 0 Å². The smallest absolute Gasteiger partial charge is 0.300 e. The minimum absolute atomic E-state index is 0.575. The van der Waals surface area contributed by atoms with Gasteiger partial charge in [-0.1, -0.05) is 84.9 Å². The summed E-state index contributed by atoms with van der Waals surface area (Å²) in [7, 11) is 0. The van der Waals surface area contributed by atoms with E-state index in [2.05, 4.69) is 30.3 Å². The van der Waals surface area contributed by atoms with E-state index in [0.29, 0.717) is 0 Å². The Labute approximate surface area is 152 Å². The lowest BCUT2D eigenvalue weighted by atomic mass is 9.94. The Kier molecular flexibility index (Phi) is 5.30. The number of rotatable bonds is 2. The molecule has 0 saturated carbocycles. The van der Waals surface area contributed by atoms with Crippen LogP contribution in [-0.2, 0) is 4.79 Å². The van der Waals surface area contributed by atoms with Crippen LogP contribution in [0.2, 0.25) is 0 Å². The molecule has 1 aliphatic carbocycles. The van der Waals surface area contributed by atoms with Gasteiger partial charge in [-0.3, -0.25) is 4.79 Å². The van der Waals surface area contributed by atoms with Crippen LogP contribution in [-0.4, -0.2) is 16.2 Å². The van der Waals surface area contributed by atoms with E-state index in [1.165, 1.54) is 0 Å². The number of fused-ring (bicyclic) bond motifs is 1. The summed E-state index contributed by atoms with van der Waals surface area (Å²) in [5, 5.41) is 18.3. The van der Waals surface area contributed by atoms with E-state index in [-0.39, 0.29) is 0 Å². The number of carboxylic acid groups (broad SMARTS) is 1. The maximum absolute atomic E-state index is 10.9. The van der Waals surface area contributed by atoms with Crippen molar-refractivity contribution < 1.29 is 15.0 Å². The fourth-order valence-corrected chi connectivity index (χ4v) is 3.24. The van der Waals surface area contributed by atoms with Gasteiger partial charge in [-0.15, -0.1) is 0 Å². The third-order valence-corrected chi connectivity index (χ3v) is 4.21. The first-order valence-corrected chi connectivity index (χ1v) is 8.41. The van der Waals surface area contributed by atoms with Gasteiger partial charge in [0.1, 0.15) is 6.10 Å². The van der Waals surface area contributed by atoms with Gasteiger partial charge in [0.15, 0.2) is 0 Å². The summed E-state index contributed by atoms with van der Waals surface area (Å²) in [6, 6.07) is 28.6. The van der Waals surface area contributed by atoms with Crippen molar-refractivity contribution in [3.05, 3.63) is 107 Å². The molecule has 0 saturated heterocycles. The molecule has 0 aliphatic heterocycles. The quantitative estimate of drug-likeness (QED) is 0.703. The molecule has 3 aromatic carbocycles. The molecule has 1 aliphatic rings. The summed E-state index contributed by atoms with van der Waals surface area (Å²) in [5.41, 5.74) is 6.46. The molecule has 0 spiro atoms. The molecule has 2 N–H and O–H groups in total. The second kappa shape index (κ2) is 7.81. The normalized spacial score (nSPS) is 15.1. The van der Waals surface area contributed by atoms with E-state index < -0.39 is 12.1 Å². The largest absolute Gasteiger partial charge is 0.481 e. The van der Waals surface area contributed by atoms with E-state index in [9.17, 15) is 5.11 Å². The van der Waals surface area contributed by atoms with Gasteiger partial charge >= 0.3 is 0 Å². The first kappa shape index (κ1) is 17.6. The molecule has 0 bridgehead atoms. The lowest BCUT2D eigenvalue weighted by Crippen LogP contribution is -1.96. The predicted molar refractivity (Wildman–Crippen MR) is 104 cm³/mol. The van der Waals surface area contributed by atoms with Gasteiger partial charge in [-0.25, -0.2) is 0 Å². The Morgan fingerprint density at radius 3 is 1.81 bits per heavy atom. The Morgan fingerprint density at radius 2 is 1.23 bits per heavy atom. The van der Waals surface area contributed by atoms with E-state index in [0.717, 1.165) is 40.3 Å². The van der Waals surface area contributed by atoms with Crippen LogP contribution in [0.1, 0.15) is 35.3 Å². The van der Waals surface area contributed by atoms with Crippen LogP contribution in [0.25, 0.3) is 11.1 Å². The number of carbonyl (C=O) groups is 1. The second-order valence-corrected chi connectivity index (χ2v) is 6.03. The van der Waals surface area contributed by atoms with E-state index in [4.69, 9.17) is 9.90 Å². The van der Waals surface area contributed by atoms with Crippen molar-refractivity contribution in [2.24, 2.45) is 0 Å². The van der Waals surface area contributed by atoms with Crippen molar-refractivity contribution in [3.63, 3.8) is 0 Å². The molecule has 0 fully saturated rings. The first-order valence-electron chi connectivity index (χ1n) is 8.41. The molecule has 0 aromatic heterocycles. The van der Waals surface area contributed by atoms with Gasteiger partial charge in [-0.05, 0) is 27.8 Å². The van der Waals surface area contributed by atoms with Crippen LogP contribution < -0.4 is 0 Å². The number of aliphatic hydroxyl groups excluding tert-OH is 1. The van der Waals surface area contributed by atoms with Crippen LogP contribution in [0.4, 0.5) is 0 Å². The Morgan fingerprint density at radius 1 is 0.769 bits per heavy atom. The summed E-state index contributed by atoms with van der Waals surface area (Å²) in [6.07, 6.45) is -0.575. The molecule has 0 heterocycles. The van der Waals surface area contributed by atoms with Gasteiger partial charge in [0, 0.05) is 12.5 Å². The first-order chi connectivity index (χ1) is 12.6. The minimum Gasteiger partial charge on any atom is -0.481 e. The van der Waals surface area contributed by atoms with Crippen molar-refractivity contribution in [1.82, 2.24) is 0 Å². The number of carboxylic acids is 1. The fraction of sp³-hybridized carbons (Fsp3) is 0.0870. The molecule has 1 atom stereocenters. The lowest BCUT2D eigenvalue weighted by molar-refractivity contribution is -0.134. The number of hydrogen-bond donors (Lipinski definition) is 2. The number of benzene rings is 3. The van der Waals surface area contributed by atoms with Gasteiger partial charge in [0.05, 0.1) is 0 Å². The lowest BCUT2D eigenvalue weighted by Gasteiger charge is -2.12. The molecule has 26 heavy (non-hydrogen) atoms. The van der Waals surface area contributed by atoms with Crippen molar-refractivity contribution in [3.8, 4) is 0 Å². The van der Waals surface area contributed by atoms with Crippen LogP contribution in [0.15, 0.2) is 84.9 Å². The van der Waals surface area contributed by atoms with E-state index in [1.54, 1.807) is 0 Å². The maximum atomic E-state index is 10.9. The molecule has 1 unspecified atom stereocenters. The van der Waals surface area contributed by atoms with Crippen molar-refractivity contribution in [2.45, 2.75) is 13.0 Å². The Bertz CT molecular complexity index is 924. The molecule has 130 valence electrons. The Balaban J connectivity index is 0.000000447. The van der Waals surface area contributed by atoms with E-state index >= 15 is 0 Å². The Hall–Kier alpha value is -3.17. The zero-order valence-electron chi connectivity index (χ0n) is 14.5. The average molecular weight is 344 g/mol. The highest BCUT2D eigenvalue weighted by Crippen LogP contribution is 2.48. The zero-order chi connectivity index (χ0) is 18.5.